The molecule has 0 spiro atoms. The lowest BCUT2D eigenvalue weighted by Gasteiger charge is -2.06. The molecule has 2 heteroatoms. The lowest BCUT2D eigenvalue weighted by atomic mass is 10.1. The smallest absolute Gasteiger partial charge is 0.0633 e. The van der Waals surface area contributed by atoms with E-state index in [4.69, 9.17) is 5.73 Å². The van der Waals surface area contributed by atoms with Crippen LogP contribution in [0.25, 0.3) is 0 Å². The van der Waals surface area contributed by atoms with Crippen LogP contribution in [-0.2, 0) is 0 Å². The number of nitrogens with two attached hydrogens (primary N) is 1. The van der Waals surface area contributed by atoms with Gasteiger partial charge in [0.1, 0.15) is 0 Å². The van der Waals surface area contributed by atoms with Gasteiger partial charge in [0.2, 0.25) is 0 Å². The Bertz CT molecular complexity index is 357. The van der Waals surface area contributed by atoms with E-state index < -0.39 is 0 Å². The Hall–Kier alpha value is -1.57. The highest BCUT2D eigenvalue weighted by molar-refractivity contribution is 5.98. The zero-order valence-corrected chi connectivity index (χ0v) is 9.57. The van der Waals surface area contributed by atoms with Gasteiger partial charge in [-0.15, -0.1) is 0 Å². The molecular formula is C13H18N2. The van der Waals surface area contributed by atoms with Crippen LogP contribution >= 0.6 is 0 Å². The first-order valence-electron chi connectivity index (χ1n) is 5.17. The molecule has 0 aliphatic heterocycles. The first kappa shape index (κ1) is 11.5. The maximum atomic E-state index is 5.67. The molecule has 15 heavy (non-hydrogen) atoms. The number of hydrogen-bond acceptors (Lipinski definition) is 2. The molecule has 2 nitrogen and oxygen atoms in total. The van der Waals surface area contributed by atoms with Gasteiger partial charge in [-0.2, -0.15) is 0 Å². The van der Waals surface area contributed by atoms with Crippen molar-refractivity contribution in [2.24, 2.45) is 16.6 Å². The molecule has 0 bridgehead atoms. The van der Waals surface area contributed by atoms with Crippen molar-refractivity contribution in [3.8, 4) is 0 Å². The van der Waals surface area contributed by atoms with Crippen molar-refractivity contribution in [2.75, 3.05) is 0 Å². The molecule has 0 atom stereocenters. The van der Waals surface area contributed by atoms with Crippen molar-refractivity contribution in [1.82, 2.24) is 0 Å². The van der Waals surface area contributed by atoms with Crippen molar-refractivity contribution in [3.63, 3.8) is 0 Å². The maximum absolute atomic E-state index is 5.67. The molecule has 0 fully saturated rings. The van der Waals surface area contributed by atoms with Gasteiger partial charge < -0.3 is 5.73 Å². The first-order valence-corrected chi connectivity index (χ1v) is 5.17. The fraction of sp³-hybridized carbons (Fsp3) is 0.308. The lowest BCUT2D eigenvalue weighted by Crippen LogP contribution is -2.06. The van der Waals surface area contributed by atoms with E-state index in [-0.39, 0.29) is 0 Å². The quantitative estimate of drug-likeness (QED) is 0.750. The predicted molar refractivity (Wildman–Crippen MR) is 66.3 cm³/mol. The summed E-state index contributed by atoms with van der Waals surface area (Å²) in [4.78, 5) is 4.56. The summed E-state index contributed by atoms with van der Waals surface area (Å²) in [5, 5.41) is 0. The minimum Gasteiger partial charge on any atom is -0.402 e. The summed E-state index contributed by atoms with van der Waals surface area (Å²) >= 11 is 0. The van der Waals surface area contributed by atoms with E-state index in [1.54, 1.807) is 0 Å². The molecule has 0 heterocycles. The van der Waals surface area contributed by atoms with Crippen molar-refractivity contribution < 1.29 is 0 Å². The van der Waals surface area contributed by atoms with Crippen LogP contribution in [0.15, 0.2) is 47.1 Å². The summed E-state index contributed by atoms with van der Waals surface area (Å²) in [5.74, 6) is 0.378. The third-order valence-corrected chi connectivity index (χ3v) is 1.98. The highest BCUT2D eigenvalue weighted by Crippen LogP contribution is 2.13. The van der Waals surface area contributed by atoms with E-state index in [1.165, 1.54) is 0 Å². The molecule has 0 aliphatic rings. The number of para-hydroxylation sites is 1. The van der Waals surface area contributed by atoms with E-state index in [0.29, 0.717) is 5.92 Å². The Morgan fingerprint density at radius 2 is 1.87 bits per heavy atom. The molecular weight excluding hydrogens is 184 g/mol. The Balaban J connectivity index is 3.00. The molecule has 0 saturated carbocycles. The Labute approximate surface area is 91.5 Å². The second kappa shape index (κ2) is 5.35. The average Bonchev–Trinajstić information content (AvgIpc) is 2.17. The molecule has 80 valence electrons. The third kappa shape index (κ3) is 3.98. The molecule has 0 amide bonds. The standard InChI is InChI=1S/C13H18N2/c1-10(2)13(9-11(3)14)15-12-7-5-4-6-8-12/h4-10H,14H2,1-3H3/b11-9-,15-13?. The van der Waals surface area contributed by atoms with Gasteiger partial charge in [-0.25, -0.2) is 0 Å². The fourth-order valence-corrected chi connectivity index (χ4v) is 1.21. The van der Waals surface area contributed by atoms with Crippen molar-refractivity contribution >= 4 is 11.4 Å². The molecule has 1 aromatic rings. The van der Waals surface area contributed by atoms with Crippen LogP contribution in [0.5, 0.6) is 0 Å². The number of hydrogen-bond donors (Lipinski definition) is 1. The summed E-state index contributed by atoms with van der Waals surface area (Å²) in [6, 6.07) is 9.92. The minimum atomic E-state index is 0.378. The van der Waals surface area contributed by atoms with E-state index in [1.807, 2.05) is 43.3 Å². The third-order valence-electron chi connectivity index (χ3n) is 1.98. The fourth-order valence-electron chi connectivity index (χ4n) is 1.21. The summed E-state index contributed by atoms with van der Waals surface area (Å²) in [5.41, 5.74) is 8.44. The first-order chi connectivity index (χ1) is 7.09. The van der Waals surface area contributed by atoms with E-state index in [0.717, 1.165) is 17.1 Å². The van der Waals surface area contributed by atoms with Gasteiger partial charge in [0, 0.05) is 11.4 Å². The van der Waals surface area contributed by atoms with Crippen LogP contribution in [0.1, 0.15) is 20.8 Å². The minimum absolute atomic E-state index is 0.378. The highest BCUT2D eigenvalue weighted by atomic mass is 14.7. The zero-order valence-electron chi connectivity index (χ0n) is 9.57. The monoisotopic (exact) mass is 202 g/mol. The number of benzene rings is 1. The largest absolute Gasteiger partial charge is 0.402 e. The Kier molecular flexibility index (Phi) is 4.10. The van der Waals surface area contributed by atoms with Crippen LogP contribution in [0.4, 0.5) is 5.69 Å². The Morgan fingerprint density at radius 3 is 2.33 bits per heavy atom. The zero-order chi connectivity index (χ0) is 11.3. The lowest BCUT2D eigenvalue weighted by molar-refractivity contribution is 0.888. The van der Waals surface area contributed by atoms with Crippen LogP contribution in [0.3, 0.4) is 0 Å². The van der Waals surface area contributed by atoms with Gasteiger partial charge in [-0.05, 0) is 31.1 Å². The van der Waals surface area contributed by atoms with Crippen molar-refractivity contribution in [3.05, 3.63) is 42.1 Å². The van der Waals surface area contributed by atoms with Crippen LogP contribution in [0.2, 0.25) is 0 Å². The number of aliphatic imine (C=N–C) groups is 1. The van der Waals surface area contributed by atoms with E-state index in [2.05, 4.69) is 18.8 Å². The van der Waals surface area contributed by atoms with E-state index in [9.17, 15) is 0 Å². The summed E-state index contributed by atoms with van der Waals surface area (Å²) in [6.45, 7) is 6.10. The maximum Gasteiger partial charge on any atom is 0.0633 e. The predicted octanol–water partition coefficient (Wildman–Crippen LogP) is 3.28. The molecule has 1 rings (SSSR count). The van der Waals surface area contributed by atoms with Gasteiger partial charge in [-0.1, -0.05) is 32.0 Å². The molecule has 0 saturated heterocycles. The number of nitrogens with zero attached hydrogens (tertiary/aromatic N) is 1. The molecule has 0 aromatic heterocycles. The summed E-state index contributed by atoms with van der Waals surface area (Å²) < 4.78 is 0. The topological polar surface area (TPSA) is 38.4 Å². The SMILES string of the molecule is C/C(N)=C/C(=Nc1ccccc1)C(C)C. The van der Waals surface area contributed by atoms with Crippen molar-refractivity contribution in [1.29, 1.82) is 0 Å². The number of allylic oxidation sites excluding steroid dienone is 2. The van der Waals surface area contributed by atoms with Crippen LogP contribution in [-0.4, -0.2) is 5.71 Å². The molecule has 2 N–H and O–H groups in total. The summed E-state index contributed by atoms with van der Waals surface area (Å²) in [6.07, 6.45) is 1.93. The van der Waals surface area contributed by atoms with Crippen LogP contribution in [0, 0.1) is 5.92 Å². The van der Waals surface area contributed by atoms with Gasteiger partial charge >= 0.3 is 0 Å². The van der Waals surface area contributed by atoms with Gasteiger partial charge in [0.25, 0.3) is 0 Å². The second-order valence-corrected chi connectivity index (χ2v) is 3.92. The Morgan fingerprint density at radius 1 is 1.27 bits per heavy atom. The second-order valence-electron chi connectivity index (χ2n) is 3.92. The van der Waals surface area contributed by atoms with Gasteiger partial charge in [-0.3, -0.25) is 4.99 Å². The van der Waals surface area contributed by atoms with Crippen molar-refractivity contribution in [2.45, 2.75) is 20.8 Å². The van der Waals surface area contributed by atoms with Gasteiger partial charge in [0.15, 0.2) is 0 Å². The normalized spacial score (nSPS) is 13.3. The van der Waals surface area contributed by atoms with Crippen LogP contribution < -0.4 is 5.73 Å². The molecule has 0 radical (unpaired) electrons. The average molecular weight is 202 g/mol. The highest BCUT2D eigenvalue weighted by Gasteiger charge is 2.02. The van der Waals surface area contributed by atoms with E-state index >= 15 is 0 Å². The number of rotatable bonds is 3. The molecule has 0 aliphatic carbocycles. The van der Waals surface area contributed by atoms with Gasteiger partial charge in [0.05, 0.1) is 5.69 Å². The summed E-state index contributed by atoms with van der Waals surface area (Å²) in [7, 11) is 0. The molecule has 1 aromatic carbocycles. The molecule has 0 unspecified atom stereocenters.